The summed E-state index contributed by atoms with van der Waals surface area (Å²) in [7, 11) is 1.89. The summed E-state index contributed by atoms with van der Waals surface area (Å²) in [6.07, 6.45) is 4.05. The van der Waals surface area contributed by atoms with Gasteiger partial charge in [0.15, 0.2) is 0 Å². The van der Waals surface area contributed by atoms with Crippen molar-refractivity contribution < 1.29 is 9.90 Å². The van der Waals surface area contributed by atoms with Crippen molar-refractivity contribution in [3.05, 3.63) is 52.6 Å². The zero-order chi connectivity index (χ0) is 12.4. The van der Waals surface area contributed by atoms with E-state index in [0.717, 1.165) is 11.4 Å². The summed E-state index contributed by atoms with van der Waals surface area (Å²) < 4.78 is 1.88. The van der Waals surface area contributed by atoms with Gasteiger partial charge in [-0.3, -0.25) is 0 Å². The third-order valence-electron chi connectivity index (χ3n) is 2.56. The van der Waals surface area contributed by atoms with Gasteiger partial charge in [-0.2, -0.15) is 0 Å². The van der Waals surface area contributed by atoms with Crippen LogP contribution in [0.1, 0.15) is 21.7 Å². The number of carbonyl (C=O) groups is 1. The summed E-state index contributed by atoms with van der Waals surface area (Å²) in [4.78, 5) is 15.1. The third kappa shape index (κ3) is 2.47. The molecule has 4 nitrogen and oxygen atoms in total. The quantitative estimate of drug-likeness (QED) is 0.910. The summed E-state index contributed by atoms with van der Waals surface area (Å²) in [5, 5.41) is 9.47. The number of carboxylic acid groups (broad SMARTS) is 1. The SMILES string of the molecule is Cn1ccnc1Cc1cc(C(=O)O)ccc1Cl. The van der Waals surface area contributed by atoms with Crippen LogP contribution in [0.5, 0.6) is 0 Å². The van der Waals surface area contributed by atoms with E-state index in [1.807, 2.05) is 17.8 Å². The molecule has 0 unspecified atom stereocenters. The highest BCUT2D eigenvalue weighted by Crippen LogP contribution is 2.20. The first kappa shape index (κ1) is 11.7. The van der Waals surface area contributed by atoms with Crippen LogP contribution in [0.2, 0.25) is 5.02 Å². The molecule has 5 heteroatoms. The highest BCUT2D eigenvalue weighted by atomic mass is 35.5. The van der Waals surface area contributed by atoms with Crippen LogP contribution < -0.4 is 0 Å². The Morgan fingerprint density at radius 2 is 2.29 bits per heavy atom. The van der Waals surface area contributed by atoms with E-state index in [-0.39, 0.29) is 5.56 Å². The van der Waals surface area contributed by atoms with E-state index >= 15 is 0 Å². The average molecular weight is 251 g/mol. The number of imidazole rings is 1. The van der Waals surface area contributed by atoms with Crippen LogP contribution in [0.15, 0.2) is 30.6 Å². The first-order valence-corrected chi connectivity index (χ1v) is 5.43. The smallest absolute Gasteiger partial charge is 0.335 e. The van der Waals surface area contributed by atoms with Gasteiger partial charge in [-0.25, -0.2) is 9.78 Å². The molecule has 0 aliphatic carbocycles. The summed E-state index contributed by atoms with van der Waals surface area (Å²) in [5.74, 6) is -0.114. The molecule has 1 heterocycles. The fraction of sp³-hybridized carbons (Fsp3) is 0.167. The topological polar surface area (TPSA) is 55.1 Å². The lowest BCUT2D eigenvalue weighted by atomic mass is 10.1. The Morgan fingerprint density at radius 3 is 2.88 bits per heavy atom. The number of nitrogens with zero attached hydrogens (tertiary/aromatic N) is 2. The van der Waals surface area contributed by atoms with E-state index in [1.54, 1.807) is 18.3 Å². The van der Waals surface area contributed by atoms with E-state index in [0.29, 0.717) is 11.4 Å². The third-order valence-corrected chi connectivity index (χ3v) is 2.93. The number of hydrogen-bond acceptors (Lipinski definition) is 2. The summed E-state index contributed by atoms with van der Waals surface area (Å²) in [6, 6.07) is 4.68. The molecule has 0 spiro atoms. The maximum absolute atomic E-state index is 10.9. The van der Waals surface area contributed by atoms with Crippen LogP contribution in [-0.2, 0) is 13.5 Å². The van der Waals surface area contributed by atoms with Gasteiger partial charge in [-0.1, -0.05) is 11.6 Å². The number of halogens is 1. The maximum Gasteiger partial charge on any atom is 0.335 e. The number of aryl methyl sites for hydroxylation is 1. The second kappa shape index (κ2) is 4.59. The molecule has 2 aromatic rings. The van der Waals surface area contributed by atoms with Crippen molar-refractivity contribution in [3.63, 3.8) is 0 Å². The molecule has 0 saturated carbocycles. The molecule has 0 atom stereocenters. The number of rotatable bonds is 3. The molecule has 0 amide bonds. The van der Waals surface area contributed by atoms with Crippen molar-refractivity contribution in [2.24, 2.45) is 7.05 Å². The van der Waals surface area contributed by atoms with E-state index in [2.05, 4.69) is 4.98 Å². The maximum atomic E-state index is 10.9. The number of hydrogen-bond donors (Lipinski definition) is 1. The highest BCUT2D eigenvalue weighted by Gasteiger charge is 2.09. The predicted octanol–water partition coefficient (Wildman–Crippen LogP) is 2.36. The number of aromatic carboxylic acids is 1. The van der Waals surface area contributed by atoms with E-state index in [4.69, 9.17) is 16.7 Å². The Balaban J connectivity index is 2.35. The van der Waals surface area contributed by atoms with Crippen molar-refractivity contribution in [2.75, 3.05) is 0 Å². The van der Waals surface area contributed by atoms with Gasteiger partial charge in [-0.15, -0.1) is 0 Å². The first-order chi connectivity index (χ1) is 8.08. The molecule has 1 N–H and O–H groups in total. The zero-order valence-corrected chi connectivity index (χ0v) is 9.98. The molecule has 0 aliphatic heterocycles. The second-order valence-electron chi connectivity index (χ2n) is 3.74. The molecule has 0 saturated heterocycles. The lowest BCUT2D eigenvalue weighted by Gasteiger charge is -2.06. The van der Waals surface area contributed by atoms with Crippen molar-refractivity contribution in [3.8, 4) is 0 Å². The molecule has 0 radical (unpaired) electrons. The van der Waals surface area contributed by atoms with Crippen LogP contribution in [0, 0.1) is 0 Å². The number of aromatic nitrogens is 2. The lowest BCUT2D eigenvalue weighted by molar-refractivity contribution is 0.0697. The lowest BCUT2D eigenvalue weighted by Crippen LogP contribution is -2.02. The van der Waals surface area contributed by atoms with Crippen LogP contribution in [0.3, 0.4) is 0 Å². The van der Waals surface area contributed by atoms with Gasteiger partial charge in [0.2, 0.25) is 0 Å². The van der Waals surface area contributed by atoms with Crippen molar-refractivity contribution >= 4 is 17.6 Å². The zero-order valence-electron chi connectivity index (χ0n) is 9.22. The molecular weight excluding hydrogens is 240 g/mol. The number of benzene rings is 1. The van der Waals surface area contributed by atoms with Crippen molar-refractivity contribution in [1.29, 1.82) is 0 Å². The average Bonchev–Trinajstić information content (AvgIpc) is 2.67. The first-order valence-electron chi connectivity index (χ1n) is 5.06. The monoisotopic (exact) mass is 250 g/mol. The normalized spacial score (nSPS) is 10.5. The van der Waals surface area contributed by atoms with E-state index in [9.17, 15) is 4.79 Å². The Morgan fingerprint density at radius 1 is 1.53 bits per heavy atom. The number of carboxylic acids is 1. The van der Waals surface area contributed by atoms with Gasteiger partial charge in [-0.05, 0) is 23.8 Å². The van der Waals surface area contributed by atoms with Gasteiger partial charge in [0, 0.05) is 30.9 Å². The minimum Gasteiger partial charge on any atom is -0.478 e. The van der Waals surface area contributed by atoms with Crippen LogP contribution in [-0.4, -0.2) is 20.6 Å². The van der Waals surface area contributed by atoms with Crippen LogP contribution in [0.4, 0.5) is 0 Å². The van der Waals surface area contributed by atoms with Gasteiger partial charge >= 0.3 is 5.97 Å². The van der Waals surface area contributed by atoms with Crippen LogP contribution >= 0.6 is 11.6 Å². The standard InChI is InChI=1S/C12H11ClN2O2/c1-15-5-4-14-11(15)7-9-6-8(12(16)17)2-3-10(9)13/h2-6H,7H2,1H3,(H,16,17). The fourth-order valence-electron chi connectivity index (χ4n) is 1.58. The highest BCUT2D eigenvalue weighted by molar-refractivity contribution is 6.31. The van der Waals surface area contributed by atoms with Crippen LogP contribution in [0.25, 0.3) is 0 Å². The Labute approximate surface area is 103 Å². The van der Waals surface area contributed by atoms with Crippen molar-refractivity contribution in [2.45, 2.75) is 6.42 Å². The van der Waals surface area contributed by atoms with Gasteiger partial charge in [0.1, 0.15) is 5.82 Å². The minimum absolute atomic E-state index is 0.235. The second-order valence-corrected chi connectivity index (χ2v) is 4.15. The Hall–Kier alpha value is -1.81. The molecule has 0 bridgehead atoms. The Kier molecular flexibility index (Phi) is 3.15. The molecule has 0 fully saturated rings. The minimum atomic E-state index is -0.956. The van der Waals surface area contributed by atoms with Gasteiger partial charge < -0.3 is 9.67 Å². The molecule has 1 aromatic heterocycles. The van der Waals surface area contributed by atoms with Gasteiger partial charge in [0.05, 0.1) is 5.56 Å². The van der Waals surface area contributed by atoms with E-state index in [1.165, 1.54) is 6.07 Å². The molecule has 0 aliphatic rings. The predicted molar refractivity (Wildman–Crippen MR) is 64.4 cm³/mol. The molecular formula is C12H11ClN2O2. The van der Waals surface area contributed by atoms with E-state index < -0.39 is 5.97 Å². The molecule has 1 aromatic carbocycles. The summed E-state index contributed by atoms with van der Waals surface area (Å²) in [5.41, 5.74) is 1.000. The van der Waals surface area contributed by atoms with Crippen molar-refractivity contribution in [1.82, 2.24) is 9.55 Å². The summed E-state index contributed by atoms with van der Waals surface area (Å²) >= 11 is 6.04. The fourth-order valence-corrected chi connectivity index (χ4v) is 1.76. The summed E-state index contributed by atoms with van der Waals surface area (Å²) in [6.45, 7) is 0. The molecule has 2 rings (SSSR count). The Bertz CT molecular complexity index is 563. The largest absolute Gasteiger partial charge is 0.478 e. The molecule has 88 valence electrons. The molecule has 17 heavy (non-hydrogen) atoms. The van der Waals surface area contributed by atoms with Gasteiger partial charge in [0.25, 0.3) is 0 Å².